The fraction of sp³-hybridized carbons (Fsp3) is 0.0714. The summed E-state index contributed by atoms with van der Waals surface area (Å²) < 4.78 is 39.8. The van der Waals surface area contributed by atoms with Gasteiger partial charge in [-0.25, -0.2) is 17.6 Å². The van der Waals surface area contributed by atoms with Crippen LogP contribution in [0.3, 0.4) is 0 Å². The predicted octanol–water partition coefficient (Wildman–Crippen LogP) is 3.29. The summed E-state index contributed by atoms with van der Waals surface area (Å²) in [4.78, 5) is 10.9. The third-order valence-electron chi connectivity index (χ3n) is 2.92. The molecule has 22 heavy (non-hydrogen) atoms. The number of aromatic carboxylic acids is 1. The van der Waals surface area contributed by atoms with E-state index in [1.165, 1.54) is 18.2 Å². The lowest BCUT2D eigenvalue weighted by atomic mass is 10.1. The van der Waals surface area contributed by atoms with Crippen LogP contribution in [0.1, 0.15) is 15.9 Å². The van der Waals surface area contributed by atoms with Gasteiger partial charge in [0, 0.05) is 0 Å². The fourth-order valence-electron chi connectivity index (χ4n) is 1.77. The summed E-state index contributed by atoms with van der Waals surface area (Å²) >= 11 is 5.59. The quantitative estimate of drug-likeness (QED) is 0.892. The van der Waals surface area contributed by atoms with E-state index in [-0.39, 0.29) is 21.2 Å². The molecule has 0 heterocycles. The second-order valence-corrected chi connectivity index (χ2v) is 6.61. The minimum absolute atomic E-state index is 0.0730. The van der Waals surface area contributed by atoms with Gasteiger partial charge in [0.25, 0.3) is 10.0 Å². The van der Waals surface area contributed by atoms with Gasteiger partial charge in [-0.1, -0.05) is 17.7 Å². The molecule has 0 fully saturated rings. The van der Waals surface area contributed by atoms with Crippen LogP contribution in [-0.2, 0) is 10.0 Å². The standard InChI is InChI=1S/C14H11ClFNO4S/c1-8-2-4-10(7-11(8)14(18)19)22(20,21)17-9-3-5-13(16)12(15)6-9/h2-7,17H,1H3,(H,18,19). The Morgan fingerprint density at radius 1 is 1.23 bits per heavy atom. The molecule has 0 aromatic heterocycles. The molecule has 0 saturated heterocycles. The van der Waals surface area contributed by atoms with Crippen molar-refractivity contribution in [3.63, 3.8) is 0 Å². The molecule has 0 saturated carbocycles. The molecular formula is C14H11ClFNO4S. The smallest absolute Gasteiger partial charge is 0.335 e. The summed E-state index contributed by atoms with van der Waals surface area (Å²) in [7, 11) is -4.01. The van der Waals surface area contributed by atoms with Crippen LogP contribution >= 0.6 is 11.6 Å². The van der Waals surface area contributed by atoms with Crippen molar-refractivity contribution in [2.45, 2.75) is 11.8 Å². The summed E-state index contributed by atoms with van der Waals surface area (Å²) in [5.41, 5.74) is 0.403. The molecule has 0 aliphatic carbocycles. The molecule has 2 aromatic carbocycles. The van der Waals surface area contributed by atoms with Crippen molar-refractivity contribution < 1.29 is 22.7 Å². The number of halogens is 2. The van der Waals surface area contributed by atoms with Gasteiger partial charge in [-0.05, 0) is 42.8 Å². The van der Waals surface area contributed by atoms with Gasteiger partial charge in [0.1, 0.15) is 5.82 Å². The highest BCUT2D eigenvalue weighted by atomic mass is 35.5. The minimum Gasteiger partial charge on any atom is -0.478 e. The van der Waals surface area contributed by atoms with Crippen molar-refractivity contribution in [1.29, 1.82) is 0 Å². The number of carboxylic acid groups (broad SMARTS) is 1. The lowest BCUT2D eigenvalue weighted by Gasteiger charge is -2.10. The Balaban J connectivity index is 2.40. The Bertz CT molecular complexity index is 852. The molecule has 0 unspecified atom stereocenters. The van der Waals surface area contributed by atoms with Crippen LogP contribution in [-0.4, -0.2) is 19.5 Å². The van der Waals surface area contributed by atoms with Crippen molar-refractivity contribution in [3.05, 3.63) is 58.4 Å². The summed E-state index contributed by atoms with van der Waals surface area (Å²) in [6.45, 7) is 1.56. The zero-order valence-corrected chi connectivity index (χ0v) is 12.9. The van der Waals surface area contributed by atoms with E-state index in [4.69, 9.17) is 16.7 Å². The van der Waals surface area contributed by atoms with Crippen LogP contribution in [0.15, 0.2) is 41.3 Å². The van der Waals surface area contributed by atoms with Gasteiger partial charge in [0.05, 0.1) is 21.2 Å². The molecule has 2 rings (SSSR count). The highest BCUT2D eigenvalue weighted by Crippen LogP contribution is 2.23. The average molecular weight is 344 g/mol. The van der Waals surface area contributed by atoms with Crippen LogP contribution in [0.25, 0.3) is 0 Å². The average Bonchev–Trinajstić information content (AvgIpc) is 2.42. The normalized spacial score (nSPS) is 11.2. The topological polar surface area (TPSA) is 83.5 Å². The van der Waals surface area contributed by atoms with E-state index >= 15 is 0 Å². The number of hydrogen-bond donors (Lipinski definition) is 2. The summed E-state index contributed by atoms with van der Waals surface area (Å²) in [6.07, 6.45) is 0. The molecule has 0 aliphatic heterocycles. The van der Waals surface area contributed by atoms with Crippen LogP contribution in [0.2, 0.25) is 5.02 Å². The zero-order chi connectivity index (χ0) is 16.5. The van der Waals surface area contributed by atoms with E-state index < -0.39 is 21.8 Å². The number of aryl methyl sites for hydroxylation is 1. The van der Waals surface area contributed by atoms with Gasteiger partial charge in [0.15, 0.2) is 0 Å². The number of carboxylic acids is 1. The molecule has 0 radical (unpaired) electrons. The van der Waals surface area contributed by atoms with Gasteiger partial charge >= 0.3 is 5.97 Å². The third kappa shape index (κ3) is 3.37. The number of carbonyl (C=O) groups is 1. The molecule has 0 amide bonds. The molecule has 5 nitrogen and oxygen atoms in total. The SMILES string of the molecule is Cc1ccc(S(=O)(=O)Nc2ccc(F)c(Cl)c2)cc1C(=O)O. The maximum atomic E-state index is 13.1. The van der Waals surface area contributed by atoms with E-state index in [1.54, 1.807) is 6.92 Å². The molecule has 0 spiro atoms. The van der Waals surface area contributed by atoms with Gasteiger partial charge in [-0.3, -0.25) is 4.72 Å². The molecule has 0 atom stereocenters. The lowest BCUT2D eigenvalue weighted by molar-refractivity contribution is 0.0696. The maximum Gasteiger partial charge on any atom is 0.335 e. The first-order chi connectivity index (χ1) is 10.2. The number of sulfonamides is 1. The number of hydrogen-bond acceptors (Lipinski definition) is 3. The Hall–Kier alpha value is -2.12. The Kier molecular flexibility index (Phi) is 4.39. The minimum atomic E-state index is -4.01. The van der Waals surface area contributed by atoms with Crippen molar-refractivity contribution in [3.8, 4) is 0 Å². The van der Waals surface area contributed by atoms with E-state index in [2.05, 4.69) is 4.72 Å². The van der Waals surface area contributed by atoms with Crippen LogP contribution in [0, 0.1) is 12.7 Å². The van der Waals surface area contributed by atoms with Crippen LogP contribution in [0.4, 0.5) is 10.1 Å². The Morgan fingerprint density at radius 2 is 1.91 bits per heavy atom. The predicted molar refractivity (Wildman–Crippen MR) is 80.4 cm³/mol. The molecule has 0 bridgehead atoms. The van der Waals surface area contributed by atoms with E-state index in [1.807, 2.05) is 0 Å². The molecular weight excluding hydrogens is 333 g/mol. The molecule has 8 heteroatoms. The van der Waals surface area contributed by atoms with Crippen molar-refractivity contribution in [2.24, 2.45) is 0 Å². The van der Waals surface area contributed by atoms with Crippen molar-refractivity contribution >= 4 is 33.3 Å². The molecule has 2 N–H and O–H groups in total. The zero-order valence-electron chi connectivity index (χ0n) is 11.3. The van der Waals surface area contributed by atoms with Crippen molar-refractivity contribution in [1.82, 2.24) is 0 Å². The van der Waals surface area contributed by atoms with E-state index in [9.17, 15) is 17.6 Å². The Labute approximate surface area is 131 Å². The highest BCUT2D eigenvalue weighted by Gasteiger charge is 2.18. The second kappa shape index (κ2) is 5.94. The monoisotopic (exact) mass is 343 g/mol. The van der Waals surface area contributed by atoms with Gasteiger partial charge in [-0.2, -0.15) is 0 Å². The largest absolute Gasteiger partial charge is 0.478 e. The lowest BCUT2D eigenvalue weighted by Crippen LogP contribution is -2.14. The molecule has 116 valence electrons. The maximum absolute atomic E-state index is 13.1. The third-order valence-corrected chi connectivity index (χ3v) is 4.59. The summed E-state index contributed by atoms with van der Waals surface area (Å²) in [6, 6.07) is 7.11. The van der Waals surface area contributed by atoms with E-state index in [0.717, 1.165) is 18.2 Å². The first-order valence-corrected chi connectivity index (χ1v) is 7.88. The fourth-order valence-corrected chi connectivity index (χ4v) is 3.03. The number of anilines is 1. The van der Waals surface area contributed by atoms with Gasteiger partial charge in [0.2, 0.25) is 0 Å². The summed E-state index contributed by atoms with van der Waals surface area (Å²) in [5, 5.41) is 8.81. The first kappa shape index (κ1) is 16.3. The van der Waals surface area contributed by atoms with Gasteiger partial charge in [-0.15, -0.1) is 0 Å². The van der Waals surface area contributed by atoms with Crippen LogP contribution in [0.5, 0.6) is 0 Å². The second-order valence-electron chi connectivity index (χ2n) is 4.52. The summed E-state index contributed by atoms with van der Waals surface area (Å²) in [5.74, 6) is -1.90. The van der Waals surface area contributed by atoms with Crippen LogP contribution < -0.4 is 4.72 Å². The van der Waals surface area contributed by atoms with Crippen molar-refractivity contribution in [2.75, 3.05) is 4.72 Å². The van der Waals surface area contributed by atoms with E-state index in [0.29, 0.717) is 5.56 Å². The number of benzene rings is 2. The number of nitrogens with one attached hydrogen (secondary N) is 1. The first-order valence-electron chi connectivity index (χ1n) is 6.02. The highest BCUT2D eigenvalue weighted by molar-refractivity contribution is 7.92. The molecule has 0 aliphatic rings. The molecule has 2 aromatic rings. The Morgan fingerprint density at radius 3 is 2.50 bits per heavy atom. The number of rotatable bonds is 4. The van der Waals surface area contributed by atoms with Gasteiger partial charge < -0.3 is 5.11 Å².